The summed E-state index contributed by atoms with van der Waals surface area (Å²) in [4.78, 5) is 11.6. The fraction of sp³-hybridized carbons (Fsp3) is 0.231. The molecule has 1 heterocycles. The number of nitro groups is 1. The number of methoxy groups -OCH3 is 1. The van der Waals surface area contributed by atoms with Gasteiger partial charge in [0.15, 0.2) is 11.5 Å². The summed E-state index contributed by atoms with van der Waals surface area (Å²) in [5.41, 5.74) is 5.87. The lowest BCUT2D eigenvalue weighted by Gasteiger charge is -2.11. The van der Waals surface area contributed by atoms with Gasteiger partial charge in [-0.2, -0.15) is 0 Å². The predicted molar refractivity (Wildman–Crippen MR) is 76.2 cm³/mol. The Morgan fingerprint density at radius 3 is 2.75 bits per heavy atom. The summed E-state index contributed by atoms with van der Waals surface area (Å²) in [6.07, 6.45) is 0. The first-order valence-corrected chi connectivity index (χ1v) is 6.74. The van der Waals surface area contributed by atoms with Crippen molar-refractivity contribution >= 4 is 17.0 Å². The summed E-state index contributed by atoms with van der Waals surface area (Å²) < 4.78 is 10.8. The standard InChI is InChI=1S/C13H14N2O4S/c1-18-12-5-9(7-14)11(15(16)17)6-13(12)19-8-10-3-2-4-20-10/h2-6H,7-8,14H2,1H3. The van der Waals surface area contributed by atoms with Crippen LogP contribution >= 0.6 is 11.3 Å². The topological polar surface area (TPSA) is 87.6 Å². The molecule has 0 saturated heterocycles. The summed E-state index contributed by atoms with van der Waals surface area (Å²) in [6.45, 7) is 0.408. The smallest absolute Gasteiger partial charge is 0.277 e. The van der Waals surface area contributed by atoms with Gasteiger partial charge >= 0.3 is 0 Å². The summed E-state index contributed by atoms with van der Waals surface area (Å²) in [5, 5.41) is 13.0. The van der Waals surface area contributed by atoms with E-state index in [0.717, 1.165) is 4.88 Å². The molecule has 1 aromatic heterocycles. The van der Waals surface area contributed by atoms with Crippen molar-refractivity contribution in [1.29, 1.82) is 0 Å². The lowest BCUT2D eigenvalue weighted by Crippen LogP contribution is -2.04. The molecule has 0 fully saturated rings. The lowest BCUT2D eigenvalue weighted by atomic mass is 10.1. The normalized spacial score (nSPS) is 10.3. The first-order chi connectivity index (χ1) is 9.65. The van der Waals surface area contributed by atoms with Crippen molar-refractivity contribution in [1.82, 2.24) is 0 Å². The Morgan fingerprint density at radius 1 is 1.40 bits per heavy atom. The highest BCUT2D eigenvalue weighted by atomic mass is 32.1. The van der Waals surface area contributed by atoms with Crippen molar-refractivity contribution in [2.75, 3.05) is 7.11 Å². The third-order valence-corrected chi connectivity index (χ3v) is 3.58. The Labute approximate surface area is 119 Å². The second kappa shape index (κ2) is 6.36. The Kier molecular flexibility index (Phi) is 4.54. The van der Waals surface area contributed by atoms with Gasteiger partial charge in [0.05, 0.1) is 18.1 Å². The molecule has 0 atom stereocenters. The van der Waals surface area contributed by atoms with Crippen LogP contribution in [-0.2, 0) is 13.2 Å². The van der Waals surface area contributed by atoms with E-state index in [4.69, 9.17) is 15.2 Å². The van der Waals surface area contributed by atoms with E-state index in [-0.39, 0.29) is 12.2 Å². The Hall–Kier alpha value is -2.12. The Balaban J connectivity index is 2.30. The van der Waals surface area contributed by atoms with Crippen molar-refractivity contribution in [2.24, 2.45) is 5.73 Å². The molecule has 20 heavy (non-hydrogen) atoms. The van der Waals surface area contributed by atoms with E-state index >= 15 is 0 Å². The van der Waals surface area contributed by atoms with Crippen molar-refractivity contribution in [3.63, 3.8) is 0 Å². The van der Waals surface area contributed by atoms with Crippen LogP contribution in [0.2, 0.25) is 0 Å². The molecule has 1 aromatic carbocycles. The minimum atomic E-state index is -0.473. The molecular weight excluding hydrogens is 280 g/mol. The van der Waals surface area contributed by atoms with Crippen LogP contribution in [0.5, 0.6) is 11.5 Å². The summed E-state index contributed by atoms with van der Waals surface area (Å²) in [5.74, 6) is 0.775. The molecule has 7 heteroatoms. The van der Waals surface area contributed by atoms with E-state index in [1.165, 1.54) is 13.2 Å². The number of nitrogens with zero attached hydrogens (tertiary/aromatic N) is 1. The Morgan fingerprint density at radius 2 is 2.20 bits per heavy atom. The van der Waals surface area contributed by atoms with Crippen LogP contribution in [0.3, 0.4) is 0 Å². The highest BCUT2D eigenvalue weighted by molar-refractivity contribution is 7.09. The van der Waals surface area contributed by atoms with Gasteiger partial charge < -0.3 is 15.2 Å². The maximum absolute atomic E-state index is 11.0. The summed E-state index contributed by atoms with van der Waals surface area (Å²) in [7, 11) is 1.49. The first-order valence-electron chi connectivity index (χ1n) is 5.86. The largest absolute Gasteiger partial charge is 0.493 e. The van der Waals surface area contributed by atoms with Crippen molar-refractivity contribution < 1.29 is 14.4 Å². The van der Waals surface area contributed by atoms with Gasteiger partial charge in [0.2, 0.25) is 0 Å². The van der Waals surface area contributed by atoms with Gasteiger partial charge in [-0.1, -0.05) is 6.07 Å². The summed E-state index contributed by atoms with van der Waals surface area (Å²) in [6, 6.07) is 6.75. The second-order valence-electron chi connectivity index (χ2n) is 3.96. The SMILES string of the molecule is COc1cc(CN)c([N+](=O)[O-])cc1OCc1cccs1. The minimum absolute atomic E-state index is 0.0607. The van der Waals surface area contributed by atoms with Crippen LogP contribution in [0, 0.1) is 10.1 Å². The maximum atomic E-state index is 11.0. The molecule has 0 bridgehead atoms. The van der Waals surface area contributed by atoms with E-state index in [2.05, 4.69) is 0 Å². The molecule has 2 rings (SSSR count). The van der Waals surface area contributed by atoms with Gasteiger partial charge in [0.1, 0.15) is 6.61 Å². The molecule has 0 spiro atoms. The van der Waals surface area contributed by atoms with Crippen molar-refractivity contribution in [3.8, 4) is 11.5 Å². The molecule has 0 unspecified atom stereocenters. The van der Waals surface area contributed by atoms with Crippen molar-refractivity contribution in [2.45, 2.75) is 13.2 Å². The van der Waals surface area contributed by atoms with Crippen LogP contribution in [-0.4, -0.2) is 12.0 Å². The molecule has 6 nitrogen and oxygen atoms in total. The van der Waals surface area contributed by atoms with Gasteiger partial charge in [-0.05, 0) is 17.5 Å². The van der Waals surface area contributed by atoms with E-state index < -0.39 is 4.92 Å². The number of hydrogen-bond donors (Lipinski definition) is 1. The van der Waals surface area contributed by atoms with Crippen LogP contribution in [0.4, 0.5) is 5.69 Å². The van der Waals surface area contributed by atoms with Gasteiger partial charge in [-0.25, -0.2) is 0 Å². The van der Waals surface area contributed by atoms with Crippen LogP contribution in [0.15, 0.2) is 29.6 Å². The zero-order valence-electron chi connectivity index (χ0n) is 10.9. The van der Waals surface area contributed by atoms with E-state index in [9.17, 15) is 10.1 Å². The third-order valence-electron chi connectivity index (χ3n) is 2.73. The zero-order chi connectivity index (χ0) is 14.5. The number of thiophene rings is 1. The maximum Gasteiger partial charge on any atom is 0.277 e. The van der Waals surface area contributed by atoms with Gasteiger partial charge in [-0.3, -0.25) is 10.1 Å². The Bertz CT molecular complexity index is 599. The molecular formula is C13H14N2O4S. The highest BCUT2D eigenvalue weighted by Gasteiger charge is 2.18. The van der Waals surface area contributed by atoms with Gasteiger partial charge in [0, 0.05) is 17.0 Å². The van der Waals surface area contributed by atoms with E-state index in [1.54, 1.807) is 17.4 Å². The number of nitrogens with two attached hydrogens (primary N) is 1. The number of ether oxygens (including phenoxy) is 2. The highest BCUT2D eigenvalue weighted by Crippen LogP contribution is 2.35. The number of hydrogen-bond acceptors (Lipinski definition) is 6. The fourth-order valence-electron chi connectivity index (χ4n) is 1.74. The molecule has 0 radical (unpaired) electrons. The molecule has 106 valence electrons. The molecule has 0 saturated carbocycles. The molecule has 0 aliphatic heterocycles. The molecule has 0 aliphatic carbocycles. The monoisotopic (exact) mass is 294 g/mol. The zero-order valence-corrected chi connectivity index (χ0v) is 11.7. The quantitative estimate of drug-likeness (QED) is 0.653. The first kappa shape index (κ1) is 14.3. The summed E-state index contributed by atoms with van der Waals surface area (Å²) >= 11 is 1.55. The van der Waals surface area contributed by atoms with E-state index in [0.29, 0.717) is 23.7 Å². The number of rotatable bonds is 6. The molecule has 0 amide bonds. The fourth-order valence-corrected chi connectivity index (χ4v) is 2.36. The molecule has 2 aromatic rings. The number of benzene rings is 1. The van der Waals surface area contributed by atoms with Gasteiger partial charge in [-0.15, -0.1) is 11.3 Å². The van der Waals surface area contributed by atoms with Crippen LogP contribution in [0.1, 0.15) is 10.4 Å². The average Bonchev–Trinajstić information content (AvgIpc) is 2.97. The predicted octanol–water partition coefficient (Wildman–Crippen LogP) is 2.70. The van der Waals surface area contributed by atoms with E-state index in [1.807, 2.05) is 17.5 Å². The third kappa shape index (κ3) is 3.06. The molecule has 2 N–H and O–H groups in total. The minimum Gasteiger partial charge on any atom is -0.493 e. The number of nitro benzene ring substituents is 1. The molecule has 0 aliphatic rings. The average molecular weight is 294 g/mol. The van der Waals surface area contributed by atoms with Crippen molar-refractivity contribution in [3.05, 3.63) is 50.2 Å². The van der Waals surface area contributed by atoms with Crippen LogP contribution in [0.25, 0.3) is 0 Å². The lowest BCUT2D eigenvalue weighted by molar-refractivity contribution is -0.385. The van der Waals surface area contributed by atoms with Crippen LogP contribution < -0.4 is 15.2 Å². The second-order valence-corrected chi connectivity index (χ2v) is 4.99. The van der Waals surface area contributed by atoms with Gasteiger partial charge in [0.25, 0.3) is 5.69 Å².